The predicted molar refractivity (Wildman–Crippen MR) is 160 cm³/mol. The molecule has 4 rings (SSSR count). The summed E-state index contributed by atoms with van der Waals surface area (Å²) in [6, 6.07) is 28.8. The molecule has 38 heavy (non-hydrogen) atoms. The van der Waals surface area contributed by atoms with Gasteiger partial charge in [0.25, 0.3) is 0 Å². The number of Topliss-reactive ketones (excluding diaryl/α,β-unsaturated/α-hetero) is 1. The van der Waals surface area contributed by atoms with E-state index in [1.165, 1.54) is 0 Å². The van der Waals surface area contributed by atoms with E-state index in [0.717, 1.165) is 33.2 Å². The number of carbonyl (C=O) groups is 1. The first-order valence-electron chi connectivity index (χ1n) is 13.8. The Labute approximate surface area is 229 Å². The summed E-state index contributed by atoms with van der Waals surface area (Å²) in [6.07, 6.45) is 0. The molecule has 0 aliphatic heterocycles. The first kappa shape index (κ1) is 28.1. The Hall–Kier alpha value is -2.95. The summed E-state index contributed by atoms with van der Waals surface area (Å²) in [5, 5.41) is 1.05. The third kappa shape index (κ3) is 4.19. The molecule has 2 atom stereocenters. The molecule has 0 saturated carbocycles. The number of ether oxygens (including phenoxy) is 2. The molecule has 1 aliphatic rings. The summed E-state index contributed by atoms with van der Waals surface area (Å²) in [5.74, 6) is 0.507. The second-order valence-corrected chi connectivity index (χ2v) is 17.2. The van der Waals surface area contributed by atoms with E-state index in [0.29, 0.717) is 16.6 Å². The Kier molecular flexibility index (Phi) is 8.15. The van der Waals surface area contributed by atoms with Gasteiger partial charge in [-0.3, -0.25) is 4.79 Å². The van der Waals surface area contributed by atoms with Gasteiger partial charge in [0.1, 0.15) is 11.4 Å². The maximum absolute atomic E-state index is 15.2. The highest BCUT2D eigenvalue weighted by Crippen LogP contribution is 2.62. The lowest BCUT2D eigenvalue weighted by Crippen LogP contribution is -2.49. The van der Waals surface area contributed by atoms with Gasteiger partial charge in [-0.15, -0.1) is 0 Å². The Morgan fingerprint density at radius 1 is 0.711 bits per heavy atom. The summed E-state index contributed by atoms with van der Waals surface area (Å²) < 4.78 is 12.2. The molecule has 1 aliphatic carbocycles. The molecule has 0 radical (unpaired) electrons. The van der Waals surface area contributed by atoms with E-state index < -0.39 is 19.6 Å². The van der Waals surface area contributed by atoms with Crippen molar-refractivity contribution in [1.82, 2.24) is 0 Å². The molecule has 0 bridgehead atoms. The lowest BCUT2D eigenvalue weighted by atomic mass is 9.74. The first-order valence-corrected chi connectivity index (χ1v) is 16.0. The molecule has 200 valence electrons. The van der Waals surface area contributed by atoms with Crippen LogP contribution in [0.1, 0.15) is 64.2 Å². The Balaban J connectivity index is 2.23. The van der Waals surface area contributed by atoms with Crippen LogP contribution in [0, 0.1) is 0 Å². The lowest BCUT2D eigenvalue weighted by Gasteiger charge is -2.45. The summed E-state index contributed by atoms with van der Waals surface area (Å²) >= 11 is 0. The average molecular weight is 527 g/mol. The molecule has 0 fully saturated rings. The van der Waals surface area contributed by atoms with Crippen LogP contribution in [0.25, 0.3) is 5.57 Å². The van der Waals surface area contributed by atoms with E-state index in [2.05, 4.69) is 90.1 Å². The van der Waals surface area contributed by atoms with Crippen LogP contribution in [0.3, 0.4) is 0 Å². The van der Waals surface area contributed by atoms with Crippen molar-refractivity contribution in [3.63, 3.8) is 0 Å². The van der Waals surface area contributed by atoms with Crippen molar-refractivity contribution in [3.8, 4) is 5.75 Å². The Morgan fingerprint density at radius 2 is 1.21 bits per heavy atom. The summed E-state index contributed by atoms with van der Waals surface area (Å²) in [4.78, 5) is 15.2. The van der Waals surface area contributed by atoms with Gasteiger partial charge in [0.15, 0.2) is 5.78 Å². The quantitative estimate of drug-likeness (QED) is 0.262. The van der Waals surface area contributed by atoms with E-state index in [4.69, 9.17) is 9.47 Å². The van der Waals surface area contributed by atoms with E-state index in [-0.39, 0.29) is 5.78 Å². The highest BCUT2D eigenvalue weighted by atomic mass is 28.3. The van der Waals surface area contributed by atoms with Crippen molar-refractivity contribution >= 4 is 19.4 Å². The maximum atomic E-state index is 15.2. The fraction of sp³-hybridized carbons (Fsp3) is 0.382. The number of ketones is 1. The van der Waals surface area contributed by atoms with E-state index in [1.54, 1.807) is 14.2 Å². The number of carbonyl (C=O) groups excluding carboxylic acids is 1. The molecule has 0 aromatic heterocycles. The van der Waals surface area contributed by atoms with Crippen LogP contribution >= 0.6 is 0 Å². The standard InChI is InChI=1S/C34H42O3Si/c1-23(2)38(24(3)4,25(5)6)33-31(27-17-13-10-14-18-27)34(37-8,28-19-21-29(36-7)22-20-28)30(32(33)35)26-15-11-9-12-16-26/h9-25,30H,1-8H3/t30-,34+/m1/s1. The van der Waals surface area contributed by atoms with Crippen LogP contribution in [0.4, 0.5) is 0 Å². The Bertz CT molecular complexity index is 1250. The molecule has 0 saturated heterocycles. The number of methoxy groups -OCH3 is 2. The summed E-state index contributed by atoms with van der Waals surface area (Å²) in [7, 11) is 1.03. The van der Waals surface area contributed by atoms with Crippen molar-refractivity contribution < 1.29 is 14.3 Å². The minimum Gasteiger partial charge on any atom is -0.497 e. The molecule has 0 spiro atoms. The van der Waals surface area contributed by atoms with Crippen LogP contribution in [0.5, 0.6) is 5.75 Å². The molecule has 0 N–H and O–H groups in total. The van der Waals surface area contributed by atoms with E-state index >= 15 is 4.79 Å². The van der Waals surface area contributed by atoms with Gasteiger partial charge in [-0.2, -0.15) is 0 Å². The molecule has 4 heteroatoms. The van der Waals surface area contributed by atoms with Gasteiger partial charge in [-0.1, -0.05) is 114 Å². The molecular weight excluding hydrogens is 484 g/mol. The van der Waals surface area contributed by atoms with Gasteiger partial charge in [0.2, 0.25) is 0 Å². The van der Waals surface area contributed by atoms with Crippen LogP contribution in [-0.2, 0) is 15.1 Å². The van der Waals surface area contributed by atoms with Gasteiger partial charge < -0.3 is 9.47 Å². The minimum atomic E-state index is -2.41. The molecule has 3 aromatic rings. The predicted octanol–water partition coefficient (Wildman–Crippen LogP) is 8.58. The van der Waals surface area contributed by atoms with Crippen LogP contribution in [0.2, 0.25) is 16.6 Å². The molecule has 3 aromatic carbocycles. The third-order valence-corrected chi connectivity index (χ3v) is 16.0. The third-order valence-electron chi connectivity index (χ3n) is 8.87. The van der Waals surface area contributed by atoms with Crippen molar-refractivity contribution in [2.75, 3.05) is 14.2 Å². The zero-order valence-corrected chi connectivity index (χ0v) is 25.1. The summed E-state index contributed by atoms with van der Waals surface area (Å²) in [6.45, 7) is 14.0. The monoisotopic (exact) mass is 526 g/mol. The number of hydrogen-bond acceptors (Lipinski definition) is 3. The highest BCUT2D eigenvalue weighted by Gasteiger charge is 2.62. The molecule has 0 heterocycles. The smallest absolute Gasteiger partial charge is 0.166 e. The topological polar surface area (TPSA) is 35.5 Å². The number of benzene rings is 3. The van der Waals surface area contributed by atoms with Gasteiger partial charge in [0, 0.05) is 7.11 Å². The Morgan fingerprint density at radius 3 is 1.66 bits per heavy atom. The van der Waals surface area contributed by atoms with Crippen molar-refractivity contribution in [1.29, 1.82) is 0 Å². The van der Waals surface area contributed by atoms with Crippen molar-refractivity contribution in [2.24, 2.45) is 0 Å². The highest BCUT2D eigenvalue weighted by molar-refractivity contribution is 6.94. The number of allylic oxidation sites excluding steroid dienone is 1. The molecular formula is C34H42O3Si. The number of hydrogen-bond donors (Lipinski definition) is 0. The molecule has 3 nitrogen and oxygen atoms in total. The molecule has 0 amide bonds. The zero-order valence-electron chi connectivity index (χ0n) is 24.1. The van der Waals surface area contributed by atoms with Crippen LogP contribution in [0.15, 0.2) is 90.1 Å². The number of rotatable bonds is 9. The minimum absolute atomic E-state index is 0.218. The van der Waals surface area contributed by atoms with Gasteiger partial charge >= 0.3 is 0 Å². The fourth-order valence-corrected chi connectivity index (χ4v) is 14.6. The molecule has 0 unspecified atom stereocenters. The first-order chi connectivity index (χ1) is 18.2. The van der Waals surface area contributed by atoms with Gasteiger partial charge in [0.05, 0.1) is 21.1 Å². The largest absolute Gasteiger partial charge is 0.497 e. The average Bonchev–Trinajstić information content (AvgIpc) is 3.18. The SMILES string of the molecule is COc1ccc([C@@]2(OC)C(c3ccccc3)=C([Si](C(C)C)(C(C)C)C(C)C)C(=O)[C@H]2c2ccccc2)cc1. The lowest BCUT2D eigenvalue weighted by molar-refractivity contribution is -0.120. The van der Waals surface area contributed by atoms with Gasteiger partial charge in [-0.25, -0.2) is 0 Å². The van der Waals surface area contributed by atoms with Crippen LogP contribution < -0.4 is 4.74 Å². The van der Waals surface area contributed by atoms with Gasteiger partial charge in [-0.05, 0) is 56.2 Å². The second-order valence-electron chi connectivity index (χ2n) is 11.4. The zero-order chi connectivity index (χ0) is 27.7. The second kappa shape index (κ2) is 11.0. The van der Waals surface area contributed by atoms with E-state index in [1.807, 2.05) is 36.4 Å². The maximum Gasteiger partial charge on any atom is 0.166 e. The summed E-state index contributed by atoms with van der Waals surface area (Å²) in [5.41, 5.74) is 4.21. The van der Waals surface area contributed by atoms with Crippen molar-refractivity contribution in [2.45, 2.75) is 69.7 Å². The van der Waals surface area contributed by atoms with E-state index in [9.17, 15) is 0 Å². The normalized spacial score (nSPS) is 20.2. The fourth-order valence-electron chi connectivity index (χ4n) is 7.56. The van der Waals surface area contributed by atoms with Crippen LogP contribution in [-0.4, -0.2) is 28.1 Å². The van der Waals surface area contributed by atoms with Crippen molar-refractivity contribution in [3.05, 3.63) is 107 Å².